The lowest BCUT2D eigenvalue weighted by Crippen LogP contribution is -2.33. The van der Waals surface area contributed by atoms with Crippen molar-refractivity contribution in [1.82, 2.24) is 15.5 Å². The van der Waals surface area contributed by atoms with Crippen LogP contribution in [-0.2, 0) is 4.74 Å². The largest absolute Gasteiger partial charge is 0.367 e. The van der Waals surface area contributed by atoms with Crippen LogP contribution < -0.4 is 5.32 Å². The molecular weight excluding hydrogens is 298 g/mol. The molecule has 1 unspecified atom stereocenters. The zero-order valence-electron chi connectivity index (χ0n) is 9.60. The number of morpholine rings is 1. The van der Waals surface area contributed by atoms with E-state index in [9.17, 15) is 0 Å². The summed E-state index contributed by atoms with van der Waals surface area (Å²) >= 11 is 3.39. The number of aromatic nitrogens is 2. The molecule has 0 spiro atoms. The number of hydrogen-bond donors (Lipinski definition) is 1. The van der Waals surface area contributed by atoms with Gasteiger partial charge in [0.25, 0.3) is 5.89 Å². The molecule has 2 aromatic rings. The fourth-order valence-corrected chi connectivity index (χ4v) is 2.07. The van der Waals surface area contributed by atoms with E-state index in [1.165, 1.54) is 0 Å². The maximum Gasteiger partial charge on any atom is 0.258 e. The molecular formula is C12H12BrN3O2. The summed E-state index contributed by atoms with van der Waals surface area (Å²) in [4.78, 5) is 4.38. The Bertz CT molecular complexity index is 520. The quantitative estimate of drug-likeness (QED) is 0.921. The van der Waals surface area contributed by atoms with E-state index in [2.05, 4.69) is 31.4 Å². The molecule has 0 radical (unpaired) electrons. The molecule has 1 N–H and O–H groups in total. The van der Waals surface area contributed by atoms with Gasteiger partial charge in [-0.2, -0.15) is 4.98 Å². The summed E-state index contributed by atoms with van der Waals surface area (Å²) in [5, 5.41) is 7.21. The van der Waals surface area contributed by atoms with Gasteiger partial charge in [-0.15, -0.1) is 0 Å². The Morgan fingerprint density at radius 3 is 2.83 bits per heavy atom. The normalized spacial score (nSPS) is 19.9. The van der Waals surface area contributed by atoms with Crippen LogP contribution in [0.1, 0.15) is 11.9 Å². The van der Waals surface area contributed by atoms with E-state index in [1.807, 2.05) is 24.3 Å². The lowest BCUT2D eigenvalue weighted by molar-refractivity contribution is 0.0208. The smallest absolute Gasteiger partial charge is 0.258 e. The molecule has 1 aliphatic heterocycles. The van der Waals surface area contributed by atoms with Crippen molar-refractivity contribution >= 4 is 15.9 Å². The number of nitrogens with zero attached hydrogens (tertiary/aromatic N) is 2. The van der Waals surface area contributed by atoms with E-state index >= 15 is 0 Å². The predicted molar refractivity (Wildman–Crippen MR) is 69.0 cm³/mol. The Morgan fingerprint density at radius 2 is 2.11 bits per heavy atom. The number of ether oxygens (including phenoxy) is 1. The van der Waals surface area contributed by atoms with Gasteiger partial charge in [0.2, 0.25) is 5.82 Å². The van der Waals surface area contributed by atoms with Gasteiger partial charge in [0, 0.05) is 23.1 Å². The lowest BCUT2D eigenvalue weighted by atomic mass is 10.2. The second-order valence-electron chi connectivity index (χ2n) is 4.03. The van der Waals surface area contributed by atoms with Crippen LogP contribution in [0.5, 0.6) is 0 Å². The Hall–Kier alpha value is -1.24. The highest BCUT2D eigenvalue weighted by Gasteiger charge is 2.21. The van der Waals surface area contributed by atoms with Crippen LogP contribution in [0.25, 0.3) is 11.5 Å². The average Bonchev–Trinajstić information content (AvgIpc) is 2.90. The number of halogens is 1. The molecule has 1 saturated heterocycles. The van der Waals surface area contributed by atoms with Crippen molar-refractivity contribution in [3.8, 4) is 11.5 Å². The molecule has 6 heteroatoms. The van der Waals surface area contributed by atoms with E-state index in [-0.39, 0.29) is 6.10 Å². The van der Waals surface area contributed by atoms with Crippen LogP contribution in [-0.4, -0.2) is 29.8 Å². The summed E-state index contributed by atoms with van der Waals surface area (Å²) in [5.74, 6) is 1.12. The first-order valence-corrected chi connectivity index (χ1v) is 6.54. The zero-order chi connectivity index (χ0) is 12.4. The van der Waals surface area contributed by atoms with Gasteiger partial charge >= 0.3 is 0 Å². The van der Waals surface area contributed by atoms with E-state index in [1.54, 1.807) is 0 Å². The van der Waals surface area contributed by atoms with E-state index in [4.69, 9.17) is 9.26 Å². The van der Waals surface area contributed by atoms with Crippen LogP contribution in [0.2, 0.25) is 0 Å². The third-order valence-electron chi connectivity index (χ3n) is 2.75. The highest BCUT2D eigenvalue weighted by Crippen LogP contribution is 2.23. The van der Waals surface area contributed by atoms with Gasteiger partial charge in [0.15, 0.2) is 0 Å². The molecule has 1 atom stereocenters. The number of nitrogens with one attached hydrogen (secondary N) is 1. The highest BCUT2D eigenvalue weighted by molar-refractivity contribution is 9.10. The number of benzene rings is 1. The van der Waals surface area contributed by atoms with Crippen molar-refractivity contribution in [3.05, 3.63) is 34.6 Å². The van der Waals surface area contributed by atoms with Gasteiger partial charge in [0.05, 0.1) is 6.61 Å². The molecule has 0 saturated carbocycles. The Labute approximate surface area is 113 Å². The van der Waals surface area contributed by atoms with Gasteiger partial charge in [-0.25, -0.2) is 0 Å². The third kappa shape index (κ3) is 2.45. The molecule has 1 aromatic heterocycles. The van der Waals surface area contributed by atoms with Crippen LogP contribution in [0.15, 0.2) is 33.3 Å². The predicted octanol–water partition coefficient (Wildman–Crippen LogP) is 2.16. The molecule has 3 rings (SSSR count). The fraction of sp³-hybridized carbons (Fsp3) is 0.333. The third-order valence-corrected chi connectivity index (χ3v) is 3.28. The first-order chi connectivity index (χ1) is 8.83. The van der Waals surface area contributed by atoms with E-state index in [0.29, 0.717) is 18.3 Å². The minimum absolute atomic E-state index is 0.119. The summed E-state index contributed by atoms with van der Waals surface area (Å²) in [6, 6.07) is 7.75. The monoisotopic (exact) mass is 309 g/mol. The molecule has 0 bridgehead atoms. The minimum atomic E-state index is -0.119. The Balaban J connectivity index is 1.82. The lowest BCUT2D eigenvalue weighted by Gasteiger charge is -2.20. The van der Waals surface area contributed by atoms with Crippen LogP contribution in [0, 0.1) is 0 Å². The topological polar surface area (TPSA) is 60.2 Å². The molecule has 0 aliphatic carbocycles. The molecule has 2 heterocycles. The van der Waals surface area contributed by atoms with Crippen molar-refractivity contribution in [1.29, 1.82) is 0 Å². The van der Waals surface area contributed by atoms with E-state index in [0.717, 1.165) is 23.1 Å². The van der Waals surface area contributed by atoms with Gasteiger partial charge in [0.1, 0.15) is 6.10 Å². The highest BCUT2D eigenvalue weighted by atomic mass is 79.9. The average molecular weight is 310 g/mol. The standard InChI is InChI=1S/C12H12BrN3O2/c13-9-3-1-8(2-4-9)12-15-11(16-18-12)10-7-14-5-6-17-10/h1-4,10,14H,5-7H2. The summed E-state index contributed by atoms with van der Waals surface area (Å²) < 4.78 is 11.9. The SMILES string of the molecule is Brc1ccc(-c2nc(C3CNCCO3)no2)cc1. The molecule has 1 aromatic carbocycles. The molecule has 5 nitrogen and oxygen atoms in total. The van der Waals surface area contributed by atoms with Crippen LogP contribution in [0.4, 0.5) is 0 Å². The number of rotatable bonds is 2. The van der Waals surface area contributed by atoms with Crippen molar-refractivity contribution in [3.63, 3.8) is 0 Å². The van der Waals surface area contributed by atoms with Crippen molar-refractivity contribution in [2.75, 3.05) is 19.7 Å². The Kier molecular flexibility index (Phi) is 3.40. The molecule has 1 fully saturated rings. The van der Waals surface area contributed by atoms with Crippen molar-refractivity contribution < 1.29 is 9.26 Å². The molecule has 0 amide bonds. The summed E-state index contributed by atoms with van der Waals surface area (Å²) in [6.07, 6.45) is -0.119. The van der Waals surface area contributed by atoms with Gasteiger partial charge in [-0.1, -0.05) is 21.1 Å². The van der Waals surface area contributed by atoms with Gasteiger partial charge < -0.3 is 14.6 Å². The second-order valence-corrected chi connectivity index (χ2v) is 4.94. The zero-order valence-corrected chi connectivity index (χ0v) is 11.2. The van der Waals surface area contributed by atoms with Crippen molar-refractivity contribution in [2.45, 2.75) is 6.10 Å². The summed E-state index contributed by atoms with van der Waals surface area (Å²) in [6.45, 7) is 2.26. The van der Waals surface area contributed by atoms with Gasteiger partial charge in [-0.05, 0) is 24.3 Å². The summed E-state index contributed by atoms with van der Waals surface area (Å²) in [7, 11) is 0. The van der Waals surface area contributed by atoms with Crippen LogP contribution in [0.3, 0.4) is 0 Å². The van der Waals surface area contributed by atoms with E-state index < -0.39 is 0 Å². The molecule has 1 aliphatic rings. The fourth-order valence-electron chi connectivity index (χ4n) is 1.81. The maximum absolute atomic E-state index is 5.58. The first kappa shape index (κ1) is 11.8. The number of hydrogen-bond acceptors (Lipinski definition) is 5. The molecule has 18 heavy (non-hydrogen) atoms. The minimum Gasteiger partial charge on any atom is -0.367 e. The van der Waals surface area contributed by atoms with Crippen molar-refractivity contribution in [2.24, 2.45) is 0 Å². The second kappa shape index (κ2) is 5.17. The maximum atomic E-state index is 5.58. The van der Waals surface area contributed by atoms with Crippen LogP contribution >= 0.6 is 15.9 Å². The Morgan fingerprint density at radius 1 is 1.28 bits per heavy atom. The van der Waals surface area contributed by atoms with Gasteiger partial charge in [-0.3, -0.25) is 0 Å². The molecule has 94 valence electrons. The summed E-state index contributed by atoms with van der Waals surface area (Å²) in [5.41, 5.74) is 0.903. The first-order valence-electron chi connectivity index (χ1n) is 5.75.